The number of Topliss-reactive ketones (excluding diaryl/α,β-unsaturated/α-hetero) is 1. The van der Waals surface area contributed by atoms with E-state index < -0.39 is 0 Å². The van der Waals surface area contributed by atoms with E-state index in [9.17, 15) is 4.79 Å². The Morgan fingerprint density at radius 2 is 1.44 bits per heavy atom. The Bertz CT molecular complexity index is 147. The van der Waals surface area contributed by atoms with Crippen molar-refractivity contribution in [1.82, 2.24) is 0 Å². The van der Waals surface area contributed by atoms with Crippen molar-refractivity contribution in [2.75, 3.05) is 46.2 Å². The molecule has 0 aromatic heterocycles. The molecule has 0 aliphatic carbocycles. The van der Waals surface area contributed by atoms with Crippen LogP contribution < -0.4 is 5.73 Å². The number of rotatable bonds is 10. The highest BCUT2D eigenvalue weighted by Gasteiger charge is 1.93. The lowest BCUT2D eigenvalue weighted by molar-refractivity contribution is -0.122. The van der Waals surface area contributed by atoms with Crippen molar-refractivity contribution in [3.63, 3.8) is 0 Å². The van der Waals surface area contributed by atoms with E-state index in [0.717, 1.165) is 0 Å². The minimum atomic E-state index is 0. The number of carbonyl (C=O) groups is 1. The fraction of sp³-hybridized carbons (Fsp3) is 0.909. The molecule has 0 aromatic rings. The van der Waals surface area contributed by atoms with Crippen molar-refractivity contribution in [1.29, 1.82) is 0 Å². The van der Waals surface area contributed by atoms with Crippen molar-refractivity contribution >= 4 is 5.78 Å². The van der Waals surface area contributed by atoms with Crippen molar-refractivity contribution in [2.24, 2.45) is 5.73 Å². The normalized spacial score (nSPS) is 9.50. The molecule has 0 atom stereocenters. The maximum Gasteiger partial charge on any atom is 0.155 e. The first-order chi connectivity index (χ1) is 7.77. The SMILES string of the molecule is CC.CC(=O)COCCOCCOCCN.[HH]. The van der Waals surface area contributed by atoms with E-state index in [1.807, 2.05) is 13.8 Å². The molecule has 0 bridgehead atoms. The van der Waals surface area contributed by atoms with Crippen LogP contribution in [0.2, 0.25) is 0 Å². The monoisotopic (exact) mass is 237 g/mol. The van der Waals surface area contributed by atoms with Gasteiger partial charge in [0.25, 0.3) is 0 Å². The van der Waals surface area contributed by atoms with Crippen LogP contribution in [0.3, 0.4) is 0 Å². The van der Waals surface area contributed by atoms with Gasteiger partial charge in [0, 0.05) is 7.97 Å². The zero-order valence-corrected chi connectivity index (χ0v) is 10.7. The van der Waals surface area contributed by atoms with Gasteiger partial charge in [0.2, 0.25) is 0 Å². The molecular weight excluding hydrogens is 210 g/mol. The van der Waals surface area contributed by atoms with E-state index in [-0.39, 0.29) is 13.8 Å². The highest BCUT2D eigenvalue weighted by Crippen LogP contribution is 1.81. The zero-order valence-electron chi connectivity index (χ0n) is 10.7. The maximum absolute atomic E-state index is 10.5. The van der Waals surface area contributed by atoms with E-state index in [1.54, 1.807) is 0 Å². The number of nitrogens with two attached hydrogens (primary N) is 1. The van der Waals surface area contributed by atoms with Gasteiger partial charge < -0.3 is 19.9 Å². The van der Waals surface area contributed by atoms with Crippen LogP contribution in [0.5, 0.6) is 0 Å². The molecule has 100 valence electrons. The topological polar surface area (TPSA) is 70.8 Å². The second-order valence-electron chi connectivity index (χ2n) is 2.77. The summed E-state index contributed by atoms with van der Waals surface area (Å²) in [6, 6.07) is 0. The fourth-order valence-electron chi connectivity index (χ4n) is 0.739. The van der Waals surface area contributed by atoms with Gasteiger partial charge in [-0.2, -0.15) is 0 Å². The van der Waals surface area contributed by atoms with E-state index >= 15 is 0 Å². The third-order valence-electron chi connectivity index (χ3n) is 1.31. The van der Waals surface area contributed by atoms with E-state index in [4.69, 9.17) is 19.9 Å². The summed E-state index contributed by atoms with van der Waals surface area (Å²) >= 11 is 0. The summed E-state index contributed by atoms with van der Waals surface area (Å²) in [6.45, 7) is 8.74. The van der Waals surface area contributed by atoms with Gasteiger partial charge >= 0.3 is 0 Å². The Kier molecular flexibility index (Phi) is 18.9. The molecule has 0 aliphatic heterocycles. The number of ether oxygens (including phenoxy) is 3. The lowest BCUT2D eigenvalue weighted by Gasteiger charge is -2.04. The number of hydrogen-bond acceptors (Lipinski definition) is 5. The number of hydrogen-bond donors (Lipinski definition) is 1. The summed E-state index contributed by atoms with van der Waals surface area (Å²) in [5.41, 5.74) is 5.22. The molecule has 0 saturated carbocycles. The molecule has 0 rings (SSSR count). The molecule has 0 spiro atoms. The van der Waals surface area contributed by atoms with Crippen molar-refractivity contribution < 1.29 is 20.4 Å². The summed E-state index contributed by atoms with van der Waals surface area (Å²) in [5, 5.41) is 0. The number of ketones is 1. The molecule has 0 amide bonds. The quantitative estimate of drug-likeness (QED) is 0.570. The first-order valence-corrected chi connectivity index (χ1v) is 5.70. The first kappa shape index (κ1) is 17.9. The van der Waals surface area contributed by atoms with Crippen LogP contribution in [-0.2, 0) is 19.0 Å². The second-order valence-corrected chi connectivity index (χ2v) is 2.77. The van der Waals surface area contributed by atoms with Gasteiger partial charge in [-0.1, -0.05) is 13.8 Å². The third kappa shape index (κ3) is 19.1. The molecule has 5 heteroatoms. The molecule has 0 aliphatic rings. The molecule has 0 saturated heterocycles. The van der Waals surface area contributed by atoms with Gasteiger partial charge in [-0.25, -0.2) is 0 Å². The Balaban J connectivity index is -0.000000616. The van der Waals surface area contributed by atoms with Crippen LogP contribution >= 0.6 is 0 Å². The average molecular weight is 237 g/mol. The molecule has 0 fully saturated rings. The zero-order chi connectivity index (χ0) is 12.6. The van der Waals surface area contributed by atoms with Crippen LogP contribution in [0, 0.1) is 0 Å². The van der Waals surface area contributed by atoms with Crippen LogP contribution in [-0.4, -0.2) is 52.0 Å². The molecule has 2 N–H and O–H groups in total. The first-order valence-electron chi connectivity index (χ1n) is 5.70. The maximum atomic E-state index is 10.5. The van der Waals surface area contributed by atoms with Crippen molar-refractivity contribution in [3.05, 3.63) is 0 Å². The molecule has 0 aromatic carbocycles. The lowest BCUT2D eigenvalue weighted by Crippen LogP contribution is -2.14. The predicted molar refractivity (Wildman–Crippen MR) is 65.7 cm³/mol. The van der Waals surface area contributed by atoms with Crippen LogP contribution in [0.1, 0.15) is 22.2 Å². The summed E-state index contributed by atoms with van der Waals surface area (Å²) < 4.78 is 15.2. The van der Waals surface area contributed by atoms with Crippen LogP contribution in [0.25, 0.3) is 0 Å². The third-order valence-corrected chi connectivity index (χ3v) is 1.31. The molecule has 16 heavy (non-hydrogen) atoms. The van der Waals surface area contributed by atoms with Crippen molar-refractivity contribution in [2.45, 2.75) is 20.8 Å². The van der Waals surface area contributed by atoms with E-state index in [0.29, 0.717) is 39.6 Å². The average Bonchev–Trinajstić information content (AvgIpc) is 2.29. The number of carbonyl (C=O) groups excluding carboxylic acids is 1. The predicted octanol–water partition coefficient (Wildman–Crippen LogP) is 0.856. The molecule has 0 heterocycles. The second kappa shape index (κ2) is 16.9. The van der Waals surface area contributed by atoms with Crippen LogP contribution in [0.4, 0.5) is 0 Å². The van der Waals surface area contributed by atoms with Crippen molar-refractivity contribution in [3.8, 4) is 0 Å². The Morgan fingerprint density at radius 1 is 1.00 bits per heavy atom. The minimum absolute atomic E-state index is 0. The molecule has 0 radical (unpaired) electrons. The molecular formula is C11H27NO4. The highest BCUT2D eigenvalue weighted by molar-refractivity contribution is 5.76. The standard InChI is InChI=1S/C9H19NO4.C2H6.H2/c1-9(11)8-14-7-6-13-5-4-12-3-2-10;1-2;/h2-8,10H2,1H3;1-2H3;1H. The fourth-order valence-corrected chi connectivity index (χ4v) is 0.739. The summed E-state index contributed by atoms with van der Waals surface area (Å²) in [6.07, 6.45) is 0. The Morgan fingerprint density at radius 3 is 1.88 bits per heavy atom. The van der Waals surface area contributed by atoms with E-state index in [2.05, 4.69) is 0 Å². The molecule has 0 unspecified atom stereocenters. The van der Waals surface area contributed by atoms with Gasteiger partial charge in [-0.3, -0.25) is 4.79 Å². The Labute approximate surface area is 99.7 Å². The summed E-state index contributed by atoms with van der Waals surface area (Å²) in [7, 11) is 0. The van der Waals surface area contributed by atoms with Gasteiger partial charge in [0.1, 0.15) is 6.61 Å². The summed E-state index contributed by atoms with van der Waals surface area (Å²) in [4.78, 5) is 10.5. The van der Waals surface area contributed by atoms with Crippen LogP contribution in [0.15, 0.2) is 0 Å². The van der Waals surface area contributed by atoms with Gasteiger partial charge in [-0.05, 0) is 6.92 Å². The van der Waals surface area contributed by atoms with Gasteiger partial charge in [-0.15, -0.1) is 0 Å². The lowest BCUT2D eigenvalue weighted by atomic mass is 10.5. The highest BCUT2D eigenvalue weighted by atomic mass is 16.5. The smallest absolute Gasteiger partial charge is 0.155 e. The van der Waals surface area contributed by atoms with Gasteiger partial charge in [0.05, 0.1) is 33.0 Å². The summed E-state index contributed by atoms with van der Waals surface area (Å²) in [5.74, 6) is 0.0243. The van der Waals surface area contributed by atoms with Gasteiger partial charge in [0.15, 0.2) is 5.78 Å². The minimum Gasteiger partial charge on any atom is -0.378 e. The molecule has 5 nitrogen and oxygen atoms in total. The van der Waals surface area contributed by atoms with E-state index in [1.165, 1.54) is 6.92 Å². The Hall–Kier alpha value is -0.490. The largest absolute Gasteiger partial charge is 0.378 e.